The number of piperidine rings is 1. The van der Waals surface area contributed by atoms with E-state index in [9.17, 15) is 9.59 Å². The summed E-state index contributed by atoms with van der Waals surface area (Å²) in [5, 5.41) is 4.29. The molecule has 146 valence electrons. The van der Waals surface area contributed by atoms with E-state index in [-0.39, 0.29) is 18.0 Å². The van der Waals surface area contributed by atoms with Crippen LogP contribution >= 0.6 is 0 Å². The van der Waals surface area contributed by atoms with E-state index in [1.54, 1.807) is 11.8 Å². The average molecular weight is 372 g/mol. The molecule has 2 unspecified atom stereocenters. The molecule has 0 spiro atoms. The number of nitrogens with zero attached hydrogens (tertiary/aromatic N) is 2. The van der Waals surface area contributed by atoms with Crippen LogP contribution in [-0.4, -0.2) is 48.3 Å². The predicted octanol–water partition coefficient (Wildman–Crippen LogP) is 3.07. The van der Waals surface area contributed by atoms with Gasteiger partial charge in [0.25, 0.3) is 0 Å². The minimum absolute atomic E-state index is 0.00689. The van der Waals surface area contributed by atoms with Crippen LogP contribution in [0, 0.1) is 12.3 Å². The second-order valence-electron chi connectivity index (χ2n) is 7.53. The first-order valence-electron chi connectivity index (χ1n) is 9.66. The number of oxime groups is 1. The van der Waals surface area contributed by atoms with E-state index in [0.717, 1.165) is 23.3 Å². The van der Waals surface area contributed by atoms with Crippen molar-refractivity contribution in [1.82, 2.24) is 4.90 Å². The summed E-state index contributed by atoms with van der Waals surface area (Å²) in [4.78, 5) is 32.2. The van der Waals surface area contributed by atoms with E-state index in [1.807, 2.05) is 25.1 Å². The predicted molar refractivity (Wildman–Crippen MR) is 102 cm³/mol. The van der Waals surface area contributed by atoms with E-state index < -0.39 is 5.41 Å². The highest BCUT2D eigenvalue weighted by Crippen LogP contribution is 2.39. The molecule has 1 aromatic rings. The van der Waals surface area contributed by atoms with Crippen LogP contribution in [0.15, 0.2) is 29.4 Å². The molecule has 1 amide bonds. The van der Waals surface area contributed by atoms with Gasteiger partial charge in [0.1, 0.15) is 6.10 Å². The number of hydrogen-bond acceptors (Lipinski definition) is 5. The van der Waals surface area contributed by atoms with Gasteiger partial charge in [-0.1, -0.05) is 29.4 Å². The van der Waals surface area contributed by atoms with Gasteiger partial charge < -0.3 is 14.5 Å². The van der Waals surface area contributed by atoms with Gasteiger partial charge in [-0.05, 0) is 32.3 Å². The second kappa shape index (κ2) is 8.11. The molecule has 2 heterocycles. The van der Waals surface area contributed by atoms with Gasteiger partial charge in [-0.15, -0.1) is 0 Å². The Morgan fingerprint density at radius 2 is 2.15 bits per heavy atom. The summed E-state index contributed by atoms with van der Waals surface area (Å²) in [6.45, 7) is 6.82. The molecule has 1 fully saturated rings. The van der Waals surface area contributed by atoms with Crippen molar-refractivity contribution >= 4 is 17.6 Å². The van der Waals surface area contributed by atoms with Gasteiger partial charge in [0.2, 0.25) is 5.91 Å². The highest BCUT2D eigenvalue weighted by molar-refractivity contribution is 6.02. The SMILES string of the molecule is CCOC(=O)C1(CC2CC(c3ccccc3C)=NO2)CCCN(C(C)=O)C1. The van der Waals surface area contributed by atoms with Crippen molar-refractivity contribution in [2.24, 2.45) is 10.6 Å². The molecule has 6 heteroatoms. The van der Waals surface area contributed by atoms with Crippen molar-refractivity contribution in [3.05, 3.63) is 35.4 Å². The molecule has 3 rings (SSSR count). The Morgan fingerprint density at radius 1 is 1.37 bits per heavy atom. The quantitative estimate of drug-likeness (QED) is 0.745. The molecule has 0 N–H and O–H groups in total. The maximum Gasteiger partial charge on any atom is 0.314 e. The lowest BCUT2D eigenvalue weighted by atomic mass is 9.74. The molecular weight excluding hydrogens is 344 g/mol. The minimum Gasteiger partial charge on any atom is -0.466 e. The molecule has 2 aliphatic heterocycles. The first-order chi connectivity index (χ1) is 12.9. The molecule has 0 radical (unpaired) electrons. The maximum atomic E-state index is 12.8. The number of esters is 1. The summed E-state index contributed by atoms with van der Waals surface area (Å²) in [6, 6.07) is 8.08. The first kappa shape index (κ1) is 19.4. The number of likely N-dealkylation sites (tertiary alicyclic amines) is 1. The number of amides is 1. The van der Waals surface area contributed by atoms with Crippen LogP contribution in [0.1, 0.15) is 50.7 Å². The summed E-state index contributed by atoms with van der Waals surface area (Å²) in [6.07, 6.45) is 2.47. The van der Waals surface area contributed by atoms with Gasteiger partial charge in [-0.25, -0.2) is 0 Å². The Labute approximate surface area is 160 Å². The summed E-state index contributed by atoms with van der Waals surface area (Å²) in [5.41, 5.74) is 2.43. The summed E-state index contributed by atoms with van der Waals surface area (Å²) in [5.74, 6) is -0.239. The molecule has 2 aliphatic rings. The first-order valence-corrected chi connectivity index (χ1v) is 9.66. The number of hydrogen-bond donors (Lipinski definition) is 0. The van der Waals surface area contributed by atoms with E-state index >= 15 is 0 Å². The van der Waals surface area contributed by atoms with Crippen molar-refractivity contribution in [2.75, 3.05) is 19.7 Å². The Kier molecular flexibility index (Phi) is 5.82. The molecule has 0 aliphatic carbocycles. The van der Waals surface area contributed by atoms with Crippen molar-refractivity contribution in [2.45, 2.75) is 52.6 Å². The van der Waals surface area contributed by atoms with Crippen LogP contribution in [0.5, 0.6) is 0 Å². The average Bonchev–Trinajstić information content (AvgIpc) is 3.10. The molecular formula is C21H28N2O4. The van der Waals surface area contributed by atoms with Gasteiger partial charge in [0.15, 0.2) is 0 Å². The largest absolute Gasteiger partial charge is 0.466 e. The third-order valence-corrected chi connectivity index (χ3v) is 5.54. The molecule has 1 saturated heterocycles. The molecule has 0 bridgehead atoms. The highest BCUT2D eigenvalue weighted by Gasteiger charge is 2.47. The van der Waals surface area contributed by atoms with Gasteiger partial charge in [-0.2, -0.15) is 0 Å². The third-order valence-electron chi connectivity index (χ3n) is 5.54. The Hall–Kier alpha value is -2.37. The van der Waals surface area contributed by atoms with Crippen LogP contribution in [0.25, 0.3) is 0 Å². The zero-order valence-corrected chi connectivity index (χ0v) is 16.4. The fourth-order valence-corrected chi connectivity index (χ4v) is 4.13. The van der Waals surface area contributed by atoms with Crippen molar-refractivity contribution in [1.29, 1.82) is 0 Å². The number of rotatable bonds is 5. The number of ether oxygens (including phenoxy) is 1. The van der Waals surface area contributed by atoms with Crippen LogP contribution in [-0.2, 0) is 19.2 Å². The number of aryl methyl sites for hydroxylation is 1. The van der Waals surface area contributed by atoms with E-state index in [2.05, 4.69) is 18.1 Å². The van der Waals surface area contributed by atoms with Gasteiger partial charge in [-0.3, -0.25) is 9.59 Å². The number of benzene rings is 1. The normalized spacial score (nSPS) is 24.9. The van der Waals surface area contributed by atoms with Crippen LogP contribution in [0.3, 0.4) is 0 Å². The zero-order valence-electron chi connectivity index (χ0n) is 16.4. The Balaban J connectivity index is 1.75. The molecule has 2 atom stereocenters. The smallest absolute Gasteiger partial charge is 0.314 e. The molecule has 0 saturated carbocycles. The fraction of sp³-hybridized carbons (Fsp3) is 0.571. The fourth-order valence-electron chi connectivity index (χ4n) is 4.13. The summed E-state index contributed by atoms with van der Waals surface area (Å²) < 4.78 is 5.38. The van der Waals surface area contributed by atoms with Crippen LogP contribution in [0.4, 0.5) is 0 Å². The summed E-state index contributed by atoms with van der Waals surface area (Å²) in [7, 11) is 0. The standard InChI is InChI=1S/C21H28N2O4/c1-4-26-20(25)21(10-7-11-23(14-21)16(3)24)13-17-12-19(22-27-17)18-9-6-5-8-15(18)2/h5-6,8-9,17H,4,7,10-14H2,1-3H3. The van der Waals surface area contributed by atoms with E-state index in [0.29, 0.717) is 39.0 Å². The Bertz CT molecular complexity index is 745. The Morgan fingerprint density at radius 3 is 2.85 bits per heavy atom. The molecule has 1 aromatic carbocycles. The lowest BCUT2D eigenvalue weighted by molar-refractivity contribution is -0.163. The number of carbonyl (C=O) groups is 2. The summed E-state index contributed by atoms with van der Waals surface area (Å²) >= 11 is 0. The topological polar surface area (TPSA) is 68.2 Å². The lowest BCUT2D eigenvalue weighted by Crippen LogP contribution is -2.51. The maximum absolute atomic E-state index is 12.8. The monoisotopic (exact) mass is 372 g/mol. The van der Waals surface area contributed by atoms with E-state index in [1.165, 1.54) is 0 Å². The third kappa shape index (κ3) is 4.15. The lowest BCUT2D eigenvalue weighted by Gasteiger charge is -2.41. The minimum atomic E-state index is -0.721. The van der Waals surface area contributed by atoms with E-state index in [4.69, 9.17) is 9.57 Å². The van der Waals surface area contributed by atoms with Crippen molar-refractivity contribution in [3.63, 3.8) is 0 Å². The number of carbonyl (C=O) groups excluding carboxylic acids is 2. The van der Waals surface area contributed by atoms with Gasteiger partial charge >= 0.3 is 5.97 Å². The molecule has 6 nitrogen and oxygen atoms in total. The van der Waals surface area contributed by atoms with Gasteiger partial charge in [0, 0.05) is 38.4 Å². The van der Waals surface area contributed by atoms with Crippen molar-refractivity contribution in [3.8, 4) is 0 Å². The molecule has 0 aromatic heterocycles. The zero-order chi connectivity index (χ0) is 19.4. The van der Waals surface area contributed by atoms with Crippen molar-refractivity contribution < 1.29 is 19.2 Å². The molecule has 27 heavy (non-hydrogen) atoms. The second-order valence-corrected chi connectivity index (χ2v) is 7.53. The van der Waals surface area contributed by atoms with Crippen LogP contribution in [0.2, 0.25) is 0 Å². The van der Waals surface area contributed by atoms with Gasteiger partial charge in [0.05, 0.1) is 17.7 Å². The highest BCUT2D eigenvalue weighted by atomic mass is 16.6. The van der Waals surface area contributed by atoms with Crippen LogP contribution < -0.4 is 0 Å².